The Kier molecular flexibility index (Phi) is 5.40. The Morgan fingerprint density at radius 2 is 1.14 bits per heavy atom. The van der Waals surface area contributed by atoms with Gasteiger partial charge in [-0.2, -0.15) is 0 Å². The van der Waals surface area contributed by atoms with Gasteiger partial charge in [0.05, 0.1) is 19.2 Å². The highest BCUT2D eigenvalue weighted by atomic mass is 16.3. The molecule has 5 nitrogen and oxygen atoms in total. The van der Waals surface area contributed by atoms with Crippen LogP contribution in [0.2, 0.25) is 0 Å². The van der Waals surface area contributed by atoms with E-state index in [2.05, 4.69) is 6.07 Å². The zero-order chi connectivity index (χ0) is 53.6. The largest absolute Gasteiger partial charge is 0.456 e. The molecule has 0 spiro atoms. The number of benzene rings is 9. The van der Waals surface area contributed by atoms with Crippen molar-refractivity contribution in [3.05, 3.63) is 223 Å². The molecule has 0 N–H and O–H groups in total. The molecule has 5 heteroatoms. The second kappa shape index (κ2) is 14.1. The van der Waals surface area contributed by atoms with Crippen LogP contribution in [0.25, 0.3) is 111 Å². The molecule has 0 saturated heterocycles. The van der Waals surface area contributed by atoms with E-state index < -0.39 is 60.3 Å². The fourth-order valence-corrected chi connectivity index (χ4v) is 8.66. The summed E-state index contributed by atoms with van der Waals surface area (Å²) in [7, 11) is 0. The monoisotopic (exact) mass is 819 g/mol. The van der Waals surface area contributed by atoms with Gasteiger partial charge >= 0.3 is 0 Å². The van der Waals surface area contributed by atoms with Crippen LogP contribution in [-0.4, -0.2) is 15.0 Å². The molecule has 63 heavy (non-hydrogen) atoms. The summed E-state index contributed by atoms with van der Waals surface area (Å²) < 4.78 is 141. The van der Waals surface area contributed by atoms with Gasteiger partial charge in [-0.25, -0.2) is 15.0 Å². The van der Waals surface area contributed by atoms with Crippen LogP contribution in [0.1, 0.15) is 41.8 Å². The SMILES string of the molecule is [2H]c1ccc([2H])c(-c2c([2H])c([2H])c3c(c2[2H])-c2c([2H])c([2H])c([2H])c([2H])c2C3c2c([2H])cc3c(oc4c([2H])c([2H])cc(-c5nc(-c6ccccc6)nc(-c6ccc7c(c6)oc6cccc(-c8ccccc8)c67)n5)c43)c2[2H])c1[2H]. The van der Waals surface area contributed by atoms with Gasteiger partial charge in [-0.05, 0) is 86.4 Å². The van der Waals surface area contributed by atoms with Gasteiger partial charge in [0.2, 0.25) is 0 Å². The lowest BCUT2D eigenvalue weighted by Crippen LogP contribution is -2.00. The molecular formula is C58H35N3O2. The van der Waals surface area contributed by atoms with Crippen molar-refractivity contribution in [3.8, 4) is 67.5 Å². The second-order valence-electron chi connectivity index (χ2n) is 15.1. The third kappa shape index (κ3) is 5.74. The third-order valence-electron chi connectivity index (χ3n) is 11.5. The molecule has 1 unspecified atom stereocenters. The van der Waals surface area contributed by atoms with Gasteiger partial charge in [0, 0.05) is 44.2 Å². The molecular weight excluding hydrogens is 771 g/mol. The lowest BCUT2D eigenvalue weighted by Gasteiger charge is -2.15. The first kappa shape index (κ1) is 24.1. The van der Waals surface area contributed by atoms with Crippen molar-refractivity contribution in [1.29, 1.82) is 0 Å². The average molecular weight is 820 g/mol. The Balaban J connectivity index is 1.03. The summed E-state index contributed by atoms with van der Waals surface area (Å²) in [5.41, 5.74) is 2.91. The molecule has 9 aromatic carbocycles. The van der Waals surface area contributed by atoms with Crippen LogP contribution in [0.5, 0.6) is 0 Å². The van der Waals surface area contributed by atoms with E-state index in [9.17, 15) is 8.22 Å². The van der Waals surface area contributed by atoms with E-state index in [1.54, 1.807) is 0 Å². The molecule has 12 aromatic rings. The number of hydrogen-bond acceptors (Lipinski definition) is 5. The first-order chi connectivity index (χ1) is 37.0. The minimum absolute atomic E-state index is 0.0751. The number of fused-ring (bicyclic) bond motifs is 9. The molecule has 13 rings (SSSR count). The number of furan rings is 2. The van der Waals surface area contributed by atoms with Crippen molar-refractivity contribution in [2.45, 2.75) is 5.92 Å². The lowest BCUT2D eigenvalue weighted by atomic mass is 9.88. The lowest BCUT2D eigenvalue weighted by molar-refractivity contribution is 0.668. The van der Waals surface area contributed by atoms with Crippen LogP contribution in [0.4, 0.5) is 0 Å². The predicted octanol–water partition coefficient (Wildman–Crippen LogP) is 15.2. The van der Waals surface area contributed by atoms with E-state index >= 15 is 0 Å². The van der Waals surface area contributed by atoms with Crippen molar-refractivity contribution in [2.75, 3.05) is 0 Å². The van der Waals surface area contributed by atoms with Crippen molar-refractivity contribution in [2.24, 2.45) is 0 Å². The minimum atomic E-state index is -1.52. The first-order valence-corrected chi connectivity index (χ1v) is 20.1. The zero-order valence-corrected chi connectivity index (χ0v) is 32.8. The van der Waals surface area contributed by atoms with Crippen LogP contribution >= 0.6 is 0 Å². The van der Waals surface area contributed by atoms with Gasteiger partial charge < -0.3 is 8.83 Å². The maximum absolute atomic E-state index is 9.89. The Morgan fingerprint density at radius 3 is 2.03 bits per heavy atom. The van der Waals surface area contributed by atoms with Gasteiger partial charge in [0.25, 0.3) is 0 Å². The second-order valence-corrected chi connectivity index (χ2v) is 15.1. The van der Waals surface area contributed by atoms with Crippen LogP contribution in [-0.2, 0) is 0 Å². The molecule has 294 valence electrons. The molecule has 3 aromatic heterocycles. The smallest absolute Gasteiger partial charge is 0.164 e. The van der Waals surface area contributed by atoms with Gasteiger partial charge in [0.1, 0.15) is 22.3 Å². The number of rotatable bonds is 6. The predicted molar refractivity (Wildman–Crippen MR) is 254 cm³/mol. The van der Waals surface area contributed by atoms with E-state index in [4.69, 9.17) is 34.8 Å². The van der Waals surface area contributed by atoms with E-state index in [1.165, 1.54) is 24.3 Å². The number of nitrogens with zero attached hydrogens (tertiary/aromatic N) is 3. The Hall–Kier alpha value is -8.41. The van der Waals surface area contributed by atoms with Crippen molar-refractivity contribution in [3.63, 3.8) is 0 Å². The quantitative estimate of drug-likeness (QED) is 0.167. The summed E-state index contributed by atoms with van der Waals surface area (Å²) >= 11 is 0. The maximum atomic E-state index is 9.89. The number of aromatic nitrogens is 3. The van der Waals surface area contributed by atoms with E-state index in [0.29, 0.717) is 22.3 Å². The third-order valence-corrected chi connectivity index (χ3v) is 11.5. The molecule has 1 atom stereocenters. The zero-order valence-electron chi connectivity index (χ0n) is 46.8. The standard InChI is InChI=1S/C58H35N3O2/c1-4-14-35(15-5-1)38-26-29-44-48(32-38)42-20-10-11-21-43(42)53(44)39-27-30-46-51(33-39)63-50-25-13-23-47(55(46)50)58-60-56(37-18-8-3-9-19-37)59-57(61-58)40-28-31-45-52(34-40)62-49-24-12-22-41(54(45)49)36-16-6-2-7-17-36/h1-34,53H/i4D,10D,11D,13D,14D,15D,20D,21D,25D,26D,27D,29D,32D,33D. The highest BCUT2D eigenvalue weighted by Gasteiger charge is 2.31. The highest BCUT2D eigenvalue weighted by Crippen LogP contribution is 2.50. The molecule has 0 amide bonds. The number of hydrogen-bond donors (Lipinski definition) is 0. The molecule has 3 heterocycles. The molecule has 1 aliphatic rings. The molecule has 0 bridgehead atoms. The Labute approximate surface area is 382 Å². The normalized spacial score (nSPS) is 16.3. The Bertz CT molecular complexity index is 4580. The summed E-state index contributed by atoms with van der Waals surface area (Å²) in [6.45, 7) is 0. The highest BCUT2D eigenvalue weighted by molar-refractivity contribution is 6.14. The van der Waals surface area contributed by atoms with Crippen LogP contribution < -0.4 is 0 Å². The summed E-state index contributed by atoms with van der Waals surface area (Å²) in [4.78, 5) is 14.9. The first-order valence-electron chi connectivity index (χ1n) is 27.1. The Morgan fingerprint density at radius 1 is 0.381 bits per heavy atom. The summed E-state index contributed by atoms with van der Waals surface area (Å²) in [5.74, 6) is -0.917. The molecule has 0 saturated carbocycles. The van der Waals surface area contributed by atoms with Gasteiger partial charge in [-0.1, -0.05) is 170 Å². The maximum Gasteiger partial charge on any atom is 0.164 e. The van der Waals surface area contributed by atoms with Crippen molar-refractivity contribution >= 4 is 43.9 Å². The molecule has 0 aliphatic heterocycles. The molecule has 1 aliphatic carbocycles. The van der Waals surface area contributed by atoms with Gasteiger partial charge in [-0.3, -0.25) is 0 Å². The minimum Gasteiger partial charge on any atom is -0.456 e. The molecule has 0 radical (unpaired) electrons. The summed E-state index contributed by atoms with van der Waals surface area (Å²) in [6, 6.07) is 29.4. The average Bonchev–Trinajstić information content (AvgIpc) is 4.33. The summed E-state index contributed by atoms with van der Waals surface area (Å²) in [6.07, 6.45) is 0. The van der Waals surface area contributed by atoms with Crippen LogP contribution in [0, 0.1) is 0 Å². The summed E-state index contributed by atoms with van der Waals surface area (Å²) in [5, 5.41) is 2.18. The van der Waals surface area contributed by atoms with E-state index in [-0.39, 0.29) is 114 Å². The van der Waals surface area contributed by atoms with Crippen LogP contribution in [0.15, 0.2) is 215 Å². The molecule has 0 fully saturated rings. The van der Waals surface area contributed by atoms with E-state index in [0.717, 1.165) is 21.9 Å². The van der Waals surface area contributed by atoms with E-state index in [1.807, 2.05) is 91.0 Å². The fraction of sp³-hybridized carbons (Fsp3) is 0.0172. The van der Waals surface area contributed by atoms with Gasteiger partial charge in [0.15, 0.2) is 17.5 Å². The van der Waals surface area contributed by atoms with Crippen LogP contribution in [0.3, 0.4) is 0 Å². The van der Waals surface area contributed by atoms with Crippen molar-refractivity contribution < 1.29 is 28.0 Å². The van der Waals surface area contributed by atoms with Crippen molar-refractivity contribution in [1.82, 2.24) is 15.0 Å². The fourth-order valence-electron chi connectivity index (χ4n) is 8.66. The topological polar surface area (TPSA) is 65.0 Å². The van der Waals surface area contributed by atoms with Gasteiger partial charge in [-0.15, -0.1) is 0 Å².